The Hall–Kier alpha value is -3.23. The van der Waals surface area contributed by atoms with E-state index in [1.807, 2.05) is 29.2 Å². The Morgan fingerprint density at radius 2 is 1.79 bits per heavy atom. The first kappa shape index (κ1) is 22.6. The largest absolute Gasteiger partial charge is 0.393 e. The van der Waals surface area contributed by atoms with Crippen LogP contribution in [0, 0.1) is 18.2 Å². The molecule has 5 nitrogen and oxygen atoms in total. The lowest BCUT2D eigenvalue weighted by atomic mass is 9.83. The Balaban J connectivity index is 1.62. The molecule has 0 aliphatic carbocycles. The van der Waals surface area contributed by atoms with E-state index in [1.165, 1.54) is 19.9 Å². The van der Waals surface area contributed by atoms with Crippen LogP contribution in [0.5, 0.6) is 0 Å². The van der Waals surface area contributed by atoms with E-state index < -0.39 is 17.4 Å². The summed E-state index contributed by atoms with van der Waals surface area (Å²) >= 11 is 0. The van der Waals surface area contributed by atoms with Crippen LogP contribution in [0.3, 0.4) is 0 Å². The molecule has 34 heavy (non-hydrogen) atoms. The van der Waals surface area contributed by atoms with Crippen LogP contribution in [0.4, 0.5) is 29.1 Å². The zero-order chi connectivity index (χ0) is 24.3. The van der Waals surface area contributed by atoms with Crippen LogP contribution in [-0.2, 0) is 12.8 Å². The number of aryl methyl sites for hydroxylation is 2. The predicted octanol–water partition coefficient (Wildman–Crippen LogP) is 6.33. The lowest BCUT2D eigenvalue weighted by Crippen LogP contribution is -2.32. The molecular formula is C25H25F4N5. The third kappa shape index (κ3) is 3.58. The van der Waals surface area contributed by atoms with Gasteiger partial charge in [0.2, 0.25) is 0 Å². The van der Waals surface area contributed by atoms with Gasteiger partial charge in [0.1, 0.15) is 17.5 Å². The van der Waals surface area contributed by atoms with E-state index in [9.17, 15) is 13.2 Å². The fraction of sp³-hybridized carbons (Fsp3) is 0.400. The van der Waals surface area contributed by atoms with Crippen molar-refractivity contribution >= 4 is 28.2 Å². The number of halogens is 4. The molecule has 0 radical (unpaired) electrons. The van der Waals surface area contributed by atoms with Crippen molar-refractivity contribution in [2.45, 2.75) is 52.6 Å². The summed E-state index contributed by atoms with van der Waals surface area (Å²) in [5.74, 6) is 1.03. The number of alkyl halides is 3. The van der Waals surface area contributed by atoms with Crippen molar-refractivity contribution in [2.75, 3.05) is 11.4 Å². The minimum Gasteiger partial charge on any atom is -0.325 e. The fourth-order valence-corrected chi connectivity index (χ4v) is 4.71. The molecule has 0 amide bonds. The first-order chi connectivity index (χ1) is 16.1. The molecule has 0 unspecified atom stereocenters. The molecule has 3 heterocycles. The Kier molecular flexibility index (Phi) is 5.26. The van der Waals surface area contributed by atoms with Crippen LogP contribution in [0.25, 0.3) is 16.7 Å². The van der Waals surface area contributed by atoms with Gasteiger partial charge in [-0.2, -0.15) is 18.2 Å². The summed E-state index contributed by atoms with van der Waals surface area (Å²) in [6.07, 6.45) is -2.43. The second-order valence-electron chi connectivity index (χ2n) is 9.50. The lowest BCUT2D eigenvalue weighted by Gasteiger charge is -2.33. The minimum absolute atomic E-state index is 0.00621. The first-order valence-corrected chi connectivity index (χ1v) is 11.3. The van der Waals surface area contributed by atoms with Crippen molar-refractivity contribution in [3.63, 3.8) is 0 Å². The van der Waals surface area contributed by atoms with Gasteiger partial charge in [0, 0.05) is 12.2 Å². The van der Waals surface area contributed by atoms with E-state index in [0.29, 0.717) is 41.3 Å². The number of rotatable bonds is 4. The second-order valence-corrected chi connectivity index (χ2v) is 9.50. The molecule has 0 spiro atoms. The van der Waals surface area contributed by atoms with Gasteiger partial charge in [0.05, 0.1) is 16.3 Å². The van der Waals surface area contributed by atoms with Crippen LogP contribution in [0.2, 0.25) is 0 Å². The third-order valence-corrected chi connectivity index (χ3v) is 6.86. The van der Waals surface area contributed by atoms with Crippen molar-refractivity contribution < 1.29 is 17.6 Å². The molecule has 0 atom stereocenters. The molecule has 0 bridgehead atoms. The normalized spacial score (nSPS) is 14.7. The second kappa shape index (κ2) is 7.92. The standard InChI is InChI=1S/C25H25F4N5/c1-15-31-32-23-30-22(21-18(26)9-5-11-20(21)34(15)23)33-14-6-8-17-16(7-4-10-19(17)33)12-13-24(2,3)25(27,28)29/h4-5,7,9-11H,6,8,12-14H2,1-3H3. The Morgan fingerprint density at radius 1 is 1.03 bits per heavy atom. The van der Waals surface area contributed by atoms with Crippen LogP contribution >= 0.6 is 0 Å². The average molecular weight is 472 g/mol. The fourth-order valence-electron chi connectivity index (χ4n) is 4.71. The molecule has 4 aromatic rings. The zero-order valence-corrected chi connectivity index (χ0v) is 19.2. The molecule has 2 aromatic heterocycles. The summed E-state index contributed by atoms with van der Waals surface area (Å²) in [5.41, 5.74) is 1.59. The molecule has 0 saturated heterocycles. The number of hydrogen-bond acceptors (Lipinski definition) is 4. The van der Waals surface area contributed by atoms with Gasteiger partial charge >= 0.3 is 6.18 Å². The maximum Gasteiger partial charge on any atom is 0.393 e. The van der Waals surface area contributed by atoms with Gasteiger partial charge in [0.15, 0.2) is 0 Å². The van der Waals surface area contributed by atoms with Gasteiger partial charge in [-0.25, -0.2) is 4.39 Å². The van der Waals surface area contributed by atoms with Crippen molar-refractivity contribution in [2.24, 2.45) is 5.41 Å². The van der Waals surface area contributed by atoms with Gasteiger partial charge in [-0.1, -0.05) is 32.0 Å². The van der Waals surface area contributed by atoms with Crippen LogP contribution < -0.4 is 4.90 Å². The molecule has 1 aliphatic rings. The van der Waals surface area contributed by atoms with E-state index in [-0.39, 0.29) is 6.42 Å². The van der Waals surface area contributed by atoms with Gasteiger partial charge in [-0.05, 0) is 61.9 Å². The van der Waals surface area contributed by atoms with E-state index >= 15 is 4.39 Å². The van der Waals surface area contributed by atoms with Gasteiger partial charge < -0.3 is 4.90 Å². The first-order valence-electron chi connectivity index (χ1n) is 11.3. The van der Waals surface area contributed by atoms with Gasteiger partial charge in [-0.3, -0.25) is 4.40 Å². The highest BCUT2D eigenvalue weighted by Gasteiger charge is 2.46. The van der Waals surface area contributed by atoms with Crippen molar-refractivity contribution in [3.8, 4) is 0 Å². The monoisotopic (exact) mass is 471 g/mol. The summed E-state index contributed by atoms with van der Waals surface area (Å²) in [6.45, 7) is 4.88. The predicted molar refractivity (Wildman–Crippen MR) is 123 cm³/mol. The van der Waals surface area contributed by atoms with Gasteiger partial charge in [-0.15, -0.1) is 10.2 Å². The van der Waals surface area contributed by atoms with Crippen molar-refractivity contribution in [1.82, 2.24) is 19.6 Å². The highest BCUT2D eigenvalue weighted by atomic mass is 19.4. The van der Waals surface area contributed by atoms with Crippen LogP contribution in [0.1, 0.15) is 43.6 Å². The summed E-state index contributed by atoms with van der Waals surface area (Å²) < 4.78 is 57.1. The Bertz CT molecular complexity index is 1390. The lowest BCUT2D eigenvalue weighted by molar-refractivity contribution is -0.213. The molecule has 5 rings (SSSR count). The van der Waals surface area contributed by atoms with Gasteiger partial charge in [0.25, 0.3) is 5.78 Å². The number of aromatic nitrogens is 4. The number of fused-ring (bicyclic) bond motifs is 4. The zero-order valence-electron chi connectivity index (χ0n) is 19.2. The molecule has 0 fully saturated rings. The van der Waals surface area contributed by atoms with Crippen molar-refractivity contribution in [3.05, 3.63) is 59.2 Å². The van der Waals surface area contributed by atoms with E-state index in [4.69, 9.17) is 0 Å². The van der Waals surface area contributed by atoms with Crippen molar-refractivity contribution in [1.29, 1.82) is 0 Å². The summed E-state index contributed by atoms with van der Waals surface area (Å²) in [5, 5.41) is 8.63. The molecule has 0 saturated carbocycles. The van der Waals surface area contributed by atoms with E-state index in [1.54, 1.807) is 17.4 Å². The van der Waals surface area contributed by atoms with E-state index in [2.05, 4.69) is 15.2 Å². The molecular weight excluding hydrogens is 446 g/mol. The quantitative estimate of drug-likeness (QED) is 0.326. The molecule has 178 valence electrons. The molecule has 1 aliphatic heterocycles. The number of nitrogens with zero attached hydrogens (tertiary/aromatic N) is 5. The number of anilines is 2. The third-order valence-electron chi connectivity index (χ3n) is 6.86. The maximum atomic E-state index is 15.2. The average Bonchev–Trinajstić information content (AvgIpc) is 3.17. The van der Waals surface area contributed by atoms with Crippen LogP contribution in [0.15, 0.2) is 36.4 Å². The van der Waals surface area contributed by atoms with Crippen LogP contribution in [-0.4, -0.2) is 32.3 Å². The Morgan fingerprint density at radius 3 is 2.56 bits per heavy atom. The molecule has 9 heteroatoms. The number of hydrogen-bond donors (Lipinski definition) is 0. The summed E-state index contributed by atoms with van der Waals surface area (Å²) in [4.78, 5) is 6.65. The molecule has 0 N–H and O–H groups in total. The van der Waals surface area contributed by atoms with E-state index in [0.717, 1.165) is 29.7 Å². The maximum absolute atomic E-state index is 15.2. The summed E-state index contributed by atoms with van der Waals surface area (Å²) in [7, 11) is 0. The smallest absolute Gasteiger partial charge is 0.325 e. The number of benzene rings is 2. The minimum atomic E-state index is -4.26. The highest BCUT2D eigenvalue weighted by molar-refractivity contribution is 5.94. The Labute approximate surface area is 194 Å². The summed E-state index contributed by atoms with van der Waals surface area (Å²) in [6, 6.07) is 10.5. The molecule has 2 aromatic carbocycles. The highest BCUT2D eigenvalue weighted by Crippen LogP contribution is 2.43. The SMILES string of the molecule is Cc1nnc2nc(N3CCCc4c(CCC(C)(C)C(F)(F)F)cccc43)c3c(F)cccc3n12. The topological polar surface area (TPSA) is 46.3 Å².